The number of rotatable bonds is 6. The maximum absolute atomic E-state index is 11.9. The van der Waals surface area contributed by atoms with Crippen molar-refractivity contribution < 1.29 is 9.90 Å². The minimum atomic E-state index is -0.860. The maximum atomic E-state index is 11.9. The van der Waals surface area contributed by atoms with Gasteiger partial charge in [-0.05, 0) is 44.4 Å². The van der Waals surface area contributed by atoms with Crippen LogP contribution in [-0.4, -0.2) is 15.6 Å². The first-order valence-corrected chi connectivity index (χ1v) is 9.57. The lowest BCUT2D eigenvalue weighted by Gasteiger charge is -2.10. The van der Waals surface area contributed by atoms with Crippen LogP contribution < -0.4 is 0 Å². The van der Waals surface area contributed by atoms with E-state index in [-0.39, 0.29) is 0 Å². The summed E-state index contributed by atoms with van der Waals surface area (Å²) in [6.45, 7) is 6.71. The van der Waals surface area contributed by atoms with E-state index in [9.17, 15) is 9.90 Å². The van der Waals surface area contributed by atoms with Gasteiger partial charge in [-0.25, -0.2) is 4.79 Å². The molecule has 26 heavy (non-hydrogen) atoms. The van der Waals surface area contributed by atoms with Crippen molar-refractivity contribution in [2.24, 2.45) is 0 Å². The number of hydrogen-bond donors (Lipinski definition) is 1. The van der Waals surface area contributed by atoms with Gasteiger partial charge in [0.25, 0.3) is 0 Å². The standard InChI is InChI=1S/C22H23NO2S/c1-4-23-15(2)20(22(24)25)21(16(23)3)26-19-13-9-8-12-18(19)14-17-10-6-5-7-11-17/h5-13H,4,14H2,1-3H3,(H,24,25). The van der Waals surface area contributed by atoms with Crippen LogP contribution >= 0.6 is 11.8 Å². The highest BCUT2D eigenvalue weighted by molar-refractivity contribution is 7.99. The Hall–Kier alpha value is -2.46. The third-order valence-corrected chi connectivity index (χ3v) is 6.00. The van der Waals surface area contributed by atoms with Gasteiger partial charge in [0, 0.05) is 27.7 Å². The van der Waals surface area contributed by atoms with Crippen LogP contribution in [0.5, 0.6) is 0 Å². The van der Waals surface area contributed by atoms with Crippen molar-refractivity contribution in [2.45, 2.75) is 43.5 Å². The summed E-state index contributed by atoms with van der Waals surface area (Å²) in [6.07, 6.45) is 0.832. The number of benzene rings is 2. The minimum absolute atomic E-state index is 0.420. The van der Waals surface area contributed by atoms with Gasteiger partial charge in [-0.15, -0.1) is 0 Å². The number of hydrogen-bond acceptors (Lipinski definition) is 2. The summed E-state index contributed by atoms with van der Waals surface area (Å²) in [4.78, 5) is 13.8. The molecule has 0 aliphatic rings. The second-order valence-corrected chi connectivity index (χ2v) is 7.35. The molecule has 1 N–H and O–H groups in total. The number of carbonyl (C=O) groups is 1. The smallest absolute Gasteiger partial charge is 0.338 e. The van der Waals surface area contributed by atoms with Crippen LogP contribution in [0.25, 0.3) is 0 Å². The predicted octanol–water partition coefficient (Wildman–Crippen LogP) is 5.57. The lowest BCUT2D eigenvalue weighted by molar-refractivity contribution is 0.0692. The minimum Gasteiger partial charge on any atom is -0.478 e. The second kappa shape index (κ2) is 7.83. The fraction of sp³-hybridized carbons (Fsp3) is 0.227. The van der Waals surface area contributed by atoms with Crippen LogP contribution in [0.3, 0.4) is 0 Å². The third kappa shape index (κ3) is 3.56. The summed E-state index contributed by atoms with van der Waals surface area (Å²) in [5.41, 5.74) is 4.71. The van der Waals surface area contributed by atoms with Gasteiger partial charge in [-0.3, -0.25) is 0 Å². The summed E-state index contributed by atoms with van der Waals surface area (Å²) in [5, 5.41) is 9.74. The molecule has 0 saturated heterocycles. The Morgan fingerprint density at radius 3 is 2.31 bits per heavy atom. The second-order valence-electron chi connectivity index (χ2n) is 6.30. The van der Waals surface area contributed by atoms with Crippen LogP contribution in [0.1, 0.15) is 39.8 Å². The molecule has 3 rings (SSSR count). The van der Waals surface area contributed by atoms with Crippen molar-refractivity contribution in [1.29, 1.82) is 0 Å². The molecule has 0 amide bonds. The Morgan fingerprint density at radius 1 is 1.00 bits per heavy atom. The SMILES string of the molecule is CCn1c(C)c(Sc2ccccc2Cc2ccccc2)c(C(=O)O)c1C. The van der Waals surface area contributed by atoms with Crippen molar-refractivity contribution in [3.05, 3.63) is 82.7 Å². The van der Waals surface area contributed by atoms with E-state index in [4.69, 9.17) is 0 Å². The summed E-state index contributed by atoms with van der Waals surface area (Å²) < 4.78 is 2.07. The zero-order valence-corrected chi connectivity index (χ0v) is 16.1. The van der Waals surface area contributed by atoms with E-state index in [1.807, 2.05) is 51.1 Å². The van der Waals surface area contributed by atoms with Crippen molar-refractivity contribution in [3.8, 4) is 0 Å². The highest BCUT2D eigenvalue weighted by Crippen LogP contribution is 2.38. The largest absolute Gasteiger partial charge is 0.478 e. The Labute approximate surface area is 158 Å². The highest BCUT2D eigenvalue weighted by atomic mass is 32.2. The molecular formula is C22H23NO2S. The number of aromatic nitrogens is 1. The van der Waals surface area contributed by atoms with Gasteiger partial charge in [-0.2, -0.15) is 0 Å². The highest BCUT2D eigenvalue weighted by Gasteiger charge is 2.23. The Kier molecular flexibility index (Phi) is 5.52. The topological polar surface area (TPSA) is 42.2 Å². The van der Waals surface area contributed by atoms with Crippen LogP contribution in [0.4, 0.5) is 0 Å². The molecule has 0 spiro atoms. The average Bonchev–Trinajstić information content (AvgIpc) is 2.87. The molecule has 134 valence electrons. The fourth-order valence-electron chi connectivity index (χ4n) is 3.38. The van der Waals surface area contributed by atoms with Crippen LogP contribution in [0.2, 0.25) is 0 Å². The van der Waals surface area contributed by atoms with E-state index in [1.54, 1.807) is 11.8 Å². The molecule has 2 aromatic carbocycles. The lowest BCUT2D eigenvalue weighted by atomic mass is 10.1. The van der Waals surface area contributed by atoms with Gasteiger partial charge in [0.2, 0.25) is 0 Å². The number of aromatic carboxylic acids is 1. The monoisotopic (exact) mass is 365 g/mol. The van der Waals surface area contributed by atoms with Crippen molar-refractivity contribution >= 4 is 17.7 Å². The maximum Gasteiger partial charge on any atom is 0.338 e. The third-order valence-electron chi connectivity index (χ3n) is 4.68. The Balaban J connectivity index is 2.02. The molecule has 0 radical (unpaired) electrons. The lowest BCUT2D eigenvalue weighted by Crippen LogP contribution is -2.02. The summed E-state index contributed by atoms with van der Waals surface area (Å²) in [5.74, 6) is -0.860. The Bertz CT molecular complexity index is 929. The summed E-state index contributed by atoms with van der Waals surface area (Å²) in [6, 6.07) is 18.6. The van der Waals surface area contributed by atoms with Crippen molar-refractivity contribution in [1.82, 2.24) is 4.57 Å². The molecule has 4 heteroatoms. The molecule has 0 fully saturated rings. The molecule has 0 atom stereocenters. The number of carboxylic acids is 1. The van der Waals surface area contributed by atoms with Gasteiger partial charge in [-0.1, -0.05) is 60.3 Å². The van der Waals surface area contributed by atoms with Crippen LogP contribution in [0, 0.1) is 13.8 Å². The zero-order chi connectivity index (χ0) is 18.7. The summed E-state index contributed by atoms with van der Waals surface area (Å²) >= 11 is 1.56. The fourth-order valence-corrected chi connectivity index (χ4v) is 4.61. The van der Waals surface area contributed by atoms with Crippen LogP contribution in [0.15, 0.2) is 64.4 Å². The van der Waals surface area contributed by atoms with E-state index in [2.05, 4.69) is 28.8 Å². The average molecular weight is 365 g/mol. The van der Waals surface area contributed by atoms with Crippen LogP contribution in [-0.2, 0) is 13.0 Å². The molecule has 0 aliphatic carbocycles. The summed E-state index contributed by atoms with van der Waals surface area (Å²) in [7, 11) is 0. The van der Waals surface area contributed by atoms with E-state index in [0.717, 1.165) is 34.1 Å². The van der Waals surface area contributed by atoms with Gasteiger partial charge in [0.15, 0.2) is 0 Å². The normalized spacial score (nSPS) is 10.9. The number of nitrogens with zero attached hydrogens (tertiary/aromatic N) is 1. The quantitative estimate of drug-likeness (QED) is 0.621. The van der Waals surface area contributed by atoms with Crippen molar-refractivity contribution in [2.75, 3.05) is 0 Å². The molecule has 3 aromatic rings. The molecule has 0 saturated carbocycles. The zero-order valence-electron chi connectivity index (χ0n) is 15.3. The molecule has 1 aromatic heterocycles. The van der Waals surface area contributed by atoms with E-state index >= 15 is 0 Å². The van der Waals surface area contributed by atoms with Gasteiger partial charge in [0.05, 0.1) is 5.56 Å². The first-order valence-electron chi connectivity index (χ1n) is 8.75. The van der Waals surface area contributed by atoms with E-state index in [1.165, 1.54) is 11.1 Å². The van der Waals surface area contributed by atoms with Gasteiger partial charge >= 0.3 is 5.97 Å². The molecule has 0 unspecified atom stereocenters. The predicted molar refractivity (Wildman–Crippen MR) is 106 cm³/mol. The van der Waals surface area contributed by atoms with E-state index in [0.29, 0.717) is 5.56 Å². The Morgan fingerprint density at radius 2 is 1.65 bits per heavy atom. The first-order chi connectivity index (χ1) is 12.5. The molecule has 0 bridgehead atoms. The van der Waals surface area contributed by atoms with Crippen molar-refractivity contribution in [3.63, 3.8) is 0 Å². The van der Waals surface area contributed by atoms with Gasteiger partial charge in [0.1, 0.15) is 0 Å². The first kappa shape index (κ1) is 18.3. The molecular weight excluding hydrogens is 342 g/mol. The molecule has 0 aliphatic heterocycles. The molecule has 3 nitrogen and oxygen atoms in total. The van der Waals surface area contributed by atoms with Gasteiger partial charge < -0.3 is 9.67 Å². The van der Waals surface area contributed by atoms with E-state index < -0.39 is 5.97 Å². The number of carboxylic acid groups (broad SMARTS) is 1. The molecule has 1 heterocycles.